The number of anilines is 5. The van der Waals surface area contributed by atoms with Crippen LogP contribution in [-0.4, -0.2) is 57.1 Å². The molecule has 10 nitrogen and oxygen atoms in total. The lowest BCUT2D eigenvalue weighted by Gasteiger charge is -2.37. The highest BCUT2D eigenvalue weighted by Crippen LogP contribution is 2.24. The number of piperazine rings is 1. The lowest BCUT2D eigenvalue weighted by molar-refractivity contribution is 0.209. The van der Waals surface area contributed by atoms with E-state index in [1.807, 2.05) is 31.3 Å². The molecule has 0 unspecified atom stereocenters. The van der Waals surface area contributed by atoms with Crippen LogP contribution in [-0.2, 0) is 0 Å². The van der Waals surface area contributed by atoms with Gasteiger partial charge in [0.15, 0.2) is 5.58 Å². The Morgan fingerprint density at radius 3 is 2.53 bits per heavy atom. The maximum atomic E-state index is 11.4. The van der Waals surface area contributed by atoms with Gasteiger partial charge in [0.2, 0.25) is 5.95 Å². The van der Waals surface area contributed by atoms with Gasteiger partial charge in [-0.3, -0.25) is 9.88 Å². The molecule has 4 heterocycles. The average Bonchev–Trinajstić information content (AvgIpc) is 3.21. The van der Waals surface area contributed by atoms with Crippen LogP contribution in [0.4, 0.5) is 29.0 Å². The summed E-state index contributed by atoms with van der Waals surface area (Å²) in [7, 11) is 0. The van der Waals surface area contributed by atoms with Crippen molar-refractivity contribution < 1.29 is 4.42 Å². The standard InChI is InChI=1S/C24H28N8O2/c1-15(2)31-8-10-32(11-9-31)21-7-5-18(14-25-21)28-23-26-13-16(3)22(30-23)27-17-4-6-20-19(12-17)29-24(33)34-20/h4-7,12-15H,8-11H2,1-3H3,(H,29,33)(H2,26,27,28,30). The zero-order chi connectivity index (χ0) is 23.7. The summed E-state index contributed by atoms with van der Waals surface area (Å²) >= 11 is 0. The first kappa shape index (κ1) is 21.9. The fourth-order valence-corrected chi connectivity index (χ4v) is 4.04. The van der Waals surface area contributed by atoms with Gasteiger partial charge in [-0.05, 0) is 51.1 Å². The highest BCUT2D eigenvalue weighted by molar-refractivity contribution is 5.78. The molecule has 5 rings (SSSR count). The van der Waals surface area contributed by atoms with Gasteiger partial charge < -0.3 is 20.0 Å². The van der Waals surface area contributed by atoms with Crippen molar-refractivity contribution in [2.75, 3.05) is 41.7 Å². The number of rotatable bonds is 6. The number of fused-ring (bicyclic) bond motifs is 1. The van der Waals surface area contributed by atoms with Gasteiger partial charge in [-0.1, -0.05) is 0 Å². The summed E-state index contributed by atoms with van der Waals surface area (Å²) in [5.41, 5.74) is 3.62. The van der Waals surface area contributed by atoms with Crippen molar-refractivity contribution in [3.05, 3.63) is 58.8 Å². The predicted molar refractivity (Wildman–Crippen MR) is 133 cm³/mol. The van der Waals surface area contributed by atoms with E-state index < -0.39 is 5.76 Å². The van der Waals surface area contributed by atoms with E-state index in [2.05, 4.69) is 54.2 Å². The Morgan fingerprint density at radius 2 is 1.79 bits per heavy atom. The van der Waals surface area contributed by atoms with Crippen molar-refractivity contribution in [1.82, 2.24) is 24.8 Å². The summed E-state index contributed by atoms with van der Waals surface area (Å²) in [6.45, 7) is 10.5. The van der Waals surface area contributed by atoms with Crippen molar-refractivity contribution in [3.63, 3.8) is 0 Å². The van der Waals surface area contributed by atoms with Crippen LogP contribution in [0.5, 0.6) is 0 Å². The van der Waals surface area contributed by atoms with Crippen LogP contribution in [0.15, 0.2) is 51.9 Å². The molecule has 10 heteroatoms. The first-order chi connectivity index (χ1) is 16.4. The second-order valence-corrected chi connectivity index (χ2v) is 8.72. The smallest absolute Gasteiger partial charge is 0.408 e. The molecule has 1 saturated heterocycles. The quantitative estimate of drug-likeness (QED) is 0.397. The van der Waals surface area contributed by atoms with Crippen molar-refractivity contribution in [1.29, 1.82) is 0 Å². The van der Waals surface area contributed by atoms with Gasteiger partial charge in [0.25, 0.3) is 0 Å². The fraction of sp³-hybridized carbons (Fsp3) is 0.333. The highest BCUT2D eigenvalue weighted by Gasteiger charge is 2.19. The molecule has 1 aromatic carbocycles. The van der Waals surface area contributed by atoms with Gasteiger partial charge >= 0.3 is 5.76 Å². The number of aryl methyl sites for hydroxylation is 1. The molecule has 3 N–H and O–H groups in total. The predicted octanol–water partition coefficient (Wildman–Crippen LogP) is 3.63. The lowest BCUT2D eigenvalue weighted by Crippen LogP contribution is -2.49. The molecule has 1 aliphatic heterocycles. The molecular formula is C24H28N8O2. The SMILES string of the molecule is Cc1cnc(Nc2ccc(N3CCN(C(C)C)CC3)nc2)nc1Nc1ccc2oc(=O)[nH]c2c1. The number of nitrogens with zero attached hydrogens (tertiary/aromatic N) is 5. The summed E-state index contributed by atoms with van der Waals surface area (Å²) in [5, 5.41) is 6.51. The zero-order valence-electron chi connectivity index (χ0n) is 19.5. The minimum Gasteiger partial charge on any atom is -0.408 e. The number of hydrogen-bond acceptors (Lipinski definition) is 9. The monoisotopic (exact) mass is 460 g/mol. The summed E-state index contributed by atoms with van der Waals surface area (Å²) in [4.78, 5) is 32.5. The first-order valence-corrected chi connectivity index (χ1v) is 11.4. The number of pyridine rings is 1. The lowest BCUT2D eigenvalue weighted by atomic mass is 10.2. The highest BCUT2D eigenvalue weighted by atomic mass is 16.4. The second-order valence-electron chi connectivity index (χ2n) is 8.72. The number of hydrogen-bond donors (Lipinski definition) is 3. The van der Waals surface area contributed by atoms with E-state index >= 15 is 0 Å². The Balaban J connectivity index is 1.26. The number of aromatic nitrogens is 4. The second kappa shape index (κ2) is 9.14. The van der Waals surface area contributed by atoms with Crippen molar-refractivity contribution in [3.8, 4) is 0 Å². The van der Waals surface area contributed by atoms with Gasteiger partial charge in [-0.15, -0.1) is 0 Å². The Bertz CT molecular complexity index is 1340. The topological polar surface area (TPSA) is 115 Å². The van der Waals surface area contributed by atoms with Gasteiger partial charge in [0.1, 0.15) is 11.6 Å². The molecule has 0 amide bonds. The van der Waals surface area contributed by atoms with Gasteiger partial charge in [0.05, 0.1) is 17.4 Å². The largest absolute Gasteiger partial charge is 0.417 e. The Morgan fingerprint density at radius 1 is 1.00 bits per heavy atom. The van der Waals surface area contributed by atoms with E-state index in [1.54, 1.807) is 18.3 Å². The molecule has 0 saturated carbocycles. The third-order valence-corrected chi connectivity index (χ3v) is 6.03. The molecule has 0 aliphatic carbocycles. The number of oxazole rings is 1. The van der Waals surface area contributed by atoms with Crippen LogP contribution >= 0.6 is 0 Å². The Kier molecular flexibility index (Phi) is 5.89. The van der Waals surface area contributed by atoms with Gasteiger partial charge in [0, 0.05) is 49.7 Å². The summed E-state index contributed by atoms with van der Waals surface area (Å²) in [5.74, 6) is 1.63. The van der Waals surface area contributed by atoms with Crippen LogP contribution in [0.25, 0.3) is 11.1 Å². The molecule has 3 aromatic heterocycles. The summed E-state index contributed by atoms with van der Waals surface area (Å²) in [6, 6.07) is 9.98. The molecule has 1 fully saturated rings. The van der Waals surface area contributed by atoms with Crippen LogP contribution in [0.1, 0.15) is 19.4 Å². The number of nitrogens with one attached hydrogen (secondary N) is 3. The van der Waals surface area contributed by atoms with E-state index in [0.717, 1.165) is 48.9 Å². The Labute approximate surface area is 197 Å². The van der Waals surface area contributed by atoms with Gasteiger partial charge in [-0.25, -0.2) is 14.8 Å². The van der Waals surface area contributed by atoms with E-state index in [1.165, 1.54) is 0 Å². The Hall–Kier alpha value is -3.92. The maximum Gasteiger partial charge on any atom is 0.417 e. The minimum atomic E-state index is -0.478. The number of aromatic amines is 1. The third kappa shape index (κ3) is 4.72. The van der Waals surface area contributed by atoms with E-state index in [4.69, 9.17) is 4.42 Å². The molecule has 0 bridgehead atoms. The van der Waals surface area contributed by atoms with E-state index in [-0.39, 0.29) is 0 Å². The van der Waals surface area contributed by atoms with Crippen LogP contribution < -0.4 is 21.3 Å². The molecule has 0 atom stereocenters. The number of benzene rings is 1. The minimum absolute atomic E-state index is 0.464. The van der Waals surface area contributed by atoms with Crippen molar-refractivity contribution in [2.45, 2.75) is 26.8 Å². The third-order valence-electron chi connectivity index (χ3n) is 6.03. The molecule has 176 valence electrons. The molecule has 4 aromatic rings. The molecule has 0 spiro atoms. The van der Waals surface area contributed by atoms with Crippen LogP contribution in [0.3, 0.4) is 0 Å². The van der Waals surface area contributed by atoms with Crippen LogP contribution in [0.2, 0.25) is 0 Å². The first-order valence-electron chi connectivity index (χ1n) is 11.4. The zero-order valence-corrected chi connectivity index (χ0v) is 19.5. The number of H-pyrrole nitrogens is 1. The molecular weight excluding hydrogens is 432 g/mol. The molecule has 1 aliphatic rings. The summed E-state index contributed by atoms with van der Waals surface area (Å²) in [6.07, 6.45) is 3.57. The van der Waals surface area contributed by atoms with E-state index in [9.17, 15) is 4.79 Å². The normalized spacial score (nSPS) is 14.6. The maximum absolute atomic E-state index is 11.4. The van der Waals surface area contributed by atoms with Crippen molar-refractivity contribution in [2.24, 2.45) is 0 Å². The molecule has 0 radical (unpaired) electrons. The van der Waals surface area contributed by atoms with E-state index in [0.29, 0.717) is 28.9 Å². The van der Waals surface area contributed by atoms with Gasteiger partial charge in [-0.2, -0.15) is 4.98 Å². The molecule has 34 heavy (non-hydrogen) atoms. The fourth-order valence-electron chi connectivity index (χ4n) is 4.04. The van der Waals surface area contributed by atoms with Crippen molar-refractivity contribution >= 4 is 40.1 Å². The summed E-state index contributed by atoms with van der Waals surface area (Å²) < 4.78 is 5.06. The van der Waals surface area contributed by atoms with Crippen LogP contribution in [0, 0.1) is 6.92 Å². The average molecular weight is 461 g/mol.